The first-order valence-corrected chi connectivity index (χ1v) is 25.1. The van der Waals surface area contributed by atoms with Gasteiger partial charge in [0.2, 0.25) is 29.5 Å². The second kappa shape index (κ2) is 26.6. The monoisotopic (exact) mass is 1040 g/mol. The van der Waals surface area contributed by atoms with Crippen LogP contribution >= 0.6 is 23.2 Å². The molecule has 5 aromatic rings. The van der Waals surface area contributed by atoms with E-state index in [1.54, 1.807) is 49.3 Å². The molecular formula is C55H68Cl2N8O8. The molecule has 1 aliphatic heterocycles. The Hall–Kier alpha value is -6.30. The van der Waals surface area contributed by atoms with Crippen LogP contribution in [0, 0.1) is 5.92 Å². The second-order valence-electron chi connectivity index (χ2n) is 18.9. The molecule has 1 fully saturated rings. The molecule has 1 saturated heterocycles. The summed E-state index contributed by atoms with van der Waals surface area (Å²) in [7, 11) is 12.1. The molecule has 1 aromatic heterocycles. The summed E-state index contributed by atoms with van der Waals surface area (Å²) >= 11 is 12.9. The van der Waals surface area contributed by atoms with Gasteiger partial charge >= 0.3 is 0 Å². The maximum absolute atomic E-state index is 15.4. The van der Waals surface area contributed by atoms with Crippen molar-refractivity contribution >= 4 is 52.7 Å². The molecule has 2 heterocycles. The van der Waals surface area contributed by atoms with E-state index in [-0.39, 0.29) is 70.2 Å². The zero-order chi connectivity index (χ0) is 52.8. The molecule has 0 bridgehead atoms. The van der Waals surface area contributed by atoms with Crippen LogP contribution in [-0.4, -0.2) is 145 Å². The molecule has 5 amide bonds. The van der Waals surface area contributed by atoms with Crippen molar-refractivity contribution in [3.05, 3.63) is 136 Å². The number of hydrogen-bond donors (Lipinski definition) is 2. The number of imidazole rings is 1. The lowest BCUT2D eigenvalue weighted by Gasteiger charge is -2.36. The molecule has 390 valence electrons. The lowest BCUT2D eigenvalue weighted by molar-refractivity contribution is -0.147. The van der Waals surface area contributed by atoms with Gasteiger partial charge in [-0.1, -0.05) is 71.7 Å². The molecule has 0 aliphatic carbocycles. The molecule has 0 radical (unpaired) electrons. The van der Waals surface area contributed by atoms with Gasteiger partial charge < -0.3 is 49.0 Å². The summed E-state index contributed by atoms with van der Waals surface area (Å²) in [5.41, 5.74) is 4.03. The topological polar surface area (TPSA) is 168 Å². The molecule has 6 rings (SSSR count). The molecule has 4 aromatic carbocycles. The maximum atomic E-state index is 15.4. The Balaban J connectivity index is 1.41. The van der Waals surface area contributed by atoms with E-state index in [9.17, 15) is 14.4 Å². The van der Waals surface area contributed by atoms with Crippen molar-refractivity contribution in [2.45, 2.75) is 76.3 Å². The van der Waals surface area contributed by atoms with Gasteiger partial charge in [0.1, 0.15) is 29.4 Å². The Morgan fingerprint density at radius 2 is 1.47 bits per heavy atom. The first-order chi connectivity index (χ1) is 35.0. The molecule has 5 atom stereocenters. The maximum Gasteiger partial charge on any atom is 0.247 e. The van der Waals surface area contributed by atoms with Crippen molar-refractivity contribution in [3.63, 3.8) is 0 Å². The Bertz CT molecular complexity index is 2650. The molecular weight excluding hydrogens is 972 g/mol. The minimum absolute atomic E-state index is 0.0148. The molecule has 1 aliphatic rings. The minimum atomic E-state index is -1.23. The lowest BCUT2D eigenvalue weighted by atomic mass is 9.93. The van der Waals surface area contributed by atoms with Gasteiger partial charge in [0.15, 0.2) is 0 Å². The van der Waals surface area contributed by atoms with Crippen LogP contribution in [0.2, 0.25) is 10.0 Å². The van der Waals surface area contributed by atoms with Crippen LogP contribution in [0.5, 0.6) is 11.5 Å². The van der Waals surface area contributed by atoms with Crippen molar-refractivity contribution < 1.29 is 38.2 Å². The van der Waals surface area contributed by atoms with Gasteiger partial charge in [0.25, 0.3) is 0 Å². The van der Waals surface area contributed by atoms with Crippen LogP contribution in [0.4, 0.5) is 0 Å². The van der Waals surface area contributed by atoms with Gasteiger partial charge in [0.05, 0.1) is 37.5 Å². The van der Waals surface area contributed by atoms with Gasteiger partial charge in [-0.3, -0.25) is 24.0 Å². The number of nitrogens with zero attached hydrogens (tertiary/aromatic N) is 6. The number of carbonyl (C=O) groups excluding carboxylic acids is 5. The van der Waals surface area contributed by atoms with E-state index < -0.39 is 47.8 Å². The molecule has 0 spiro atoms. The zero-order valence-electron chi connectivity index (χ0n) is 43.0. The quantitative estimate of drug-likeness (QED) is 0.107. The van der Waals surface area contributed by atoms with E-state index >= 15 is 9.59 Å². The van der Waals surface area contributed by atoms with Crippen molar-refractivity contribution in [1.29, 1.82) is 0 Å². The number of benzene rings is 4. The highest BCUT2D eigenvalue weighted by atomic mass is 35.5. The van der Waals surface area contributed by atoms with Crippen molar-refractivity contribution in [3.8, 4) is 22.8 Å². The van der Waals surface area contributed by atoms with Gasteiger partial charge in [-0.2, -0.15) is 0 Å². The van der Waals surface area contributed by atoms with E-state index in [1.165, 1.54) is 24.0 Å². The van der Waals surface area contributed by atoms with Gasteiger partial charge in [-0.25, -0.2) is 4.98 Å². The summed E-state index contributed by atoms with van der Waals surface area (Å²) in [6.07, 6.45) is 1.97. The number of aromatic nitrogens is 2. The van der Waals surface area contributed by atoms with E-state index in [4.69, 9.17) is 37.4 Å². The summed E-state index contributed by atoms with van der Waals surface area (Å²) in [6, 6.07) is 25.5. The smallest absolute Gasteiger partial charge is 0.247 e. The molecule has 0 saturated carbocycles. The van der Waals surface area contributed by atoms with Crippen LogP contribution in [0.1, 0.15) is 48.7 Å². The average Bonchev–Trinajstić information content (AvgIpc) is 3.73. The van der Waals surface area contributed by atoms with Gasteiger partial charge in [-0.05, 0) is 93.5 Å². The second-order valence-corrected chi connectivity index (χ2v) is 19.8. The number of hydrogen-bond acceptors (Lipinski definition) is 10. The summed E-state index contributed by atoms with van der Waals surface area (Å²) in [5.74, 6) is -1.48. The Morgan fingerprint density at radius 1 is 0.781 bits per heavy atom. The highest BCUT2D eigenvalue weighted by Crippen LogP contribution is 2.33. The normalized spacial score (nSPS) is 20.0. The molecule has 2 N–H and O–H groups in total. The van der Waals surface area contributed by atoms with Crippen LogP contribution in [0.25, 0.3) is 11.3 Å². The van der Waals surface area contributed by atoms with E-state index in [0.717, 1.165) is 28.2 Å². The lowest BCUT2D eigenvalue weighted by Crippen LogP contribution is -2.58. The van der Waals surface area contributed by atoms with Gasteiger partial charge in [-0.15, -0.1) is 0 Å². The first kappa shape index (κ1) is 56.0. The molecule has 0 unspecified atom stereocenters. The van der Waals surface area contributed by atoms with Crippen molar-refractivity contribution in [2.24, 2.45) is 13.0 Å². The number of amides is 5. The number of rotatable bonds is 16. The van der Waals surface area contributed by atoms with E-state index in [1.807, 2.05) is 106 Å². The highest BCUT2D eigenvalue weighted by molar-refractivity contribution is 6.31. The fourth-order valence-corrected chi connectivity index (χ4v) is 9.16. The number of carbonyl (C=O) groups is 5. The first-order valence-electron chi connectivity index (χ1n) is 24.3. The summed E-state index contributed by atoms with van der Waals surface area (Å²) in [5, 5.41) is 6.79. The van der Waals surface area contributed by atoms with E-state index in [0.29, 0.717) is 33.7 Å². The van der Waals surface area contributed by atoms with E-state index in [2.05, 4.69) is 20.5 Å². The number of ether oxygens (including phenoxy) is 3. The molecule has 73 heavy (non-hydrogen) atoms. The molecule has 18 heteroatoms. The average molecular weight is 1040 g/mol. The fraction of sp³-hybridized carbons (Fsp3) is 0.418. The number of nitrogens with one attached hydrogen (secondary N) is 2. The van der Waals surface area contributed by atoms with Crippen LogP contribution in [0.3, 0.4) is 0 Å². The molecule has 16 nitrogen and oxygen atoms in total. The Labute approximate surface area is 438 Å². The largest absolute Gasteiger partial charge is 0.457 e. The van der Waals surface area contributed by atoms with Crippen LogP contribution in [0.15, 0.2) is 103 Å². The summed E-state index contributed by atoms with van der Waals surface area (Å²) in [6.45, 7) is 2.28. The third-order valence-electron chi connectivity index (χ3n) is 13.2. The van der Waals surface area contributed by atoms with Gasteiger partial charge in [0, 0.05) is 101 Å². The van der Waals surface area contributed by atoms with Crippen LogP contribution < -0.4 is 15.4 Å². The predicted octanol–water partition coefficient (Wildman–Crippen LogP) is 6.80. The SMILES string of the molecule is COCC[C@H]1C(=O)N[C@@H](COC)C(=O)N(C)[C@@H](Cc2ccc(Cl)cc2)CC(=O)NC[C@H](C)N(C)C(=O)[C@H](Cc2ccccc2)CC(=O)N1Cc1ccc(Cl)cc1Oc1ccc(-c2cnc(CN(C)C)n2C)cc1. The van der Waals surface area contributed by atoms with Crippen molar-refractivity contribution in [1.82, 2.24) is 39.8 Å². The third kappa shape index (κ3) is 15.4. The zero-order valence-corrected chi connectivity index (χ0v) is 44.5. The highest BCUT2D eigenvalue weighted by Gasteiger charge is 2.38. The third-order valence-corrected chi connectivity index (χ3v) is 13.7. The van der Waals surface area contributed by atoms with Crippen LogP contribution in [-0.2, 0) is 66.4 Å². The standard InChI is InChI=1S/C55H68Cl2N8O8/c1-36-31-59-51(66)30-44(27-38-14-19-42(56)20-15-38)63(5)55(70)46(35-72-8)60-53(68)47(24-25-71-7)65(52(67)28-41(54(69)62(36)4)26-37-12-10-9-11-13-37)33-40-16-21-43(57)29-49(40)73-45-22-17-39(18-23-45)48-32-58-50(64(48)6)34-61(2)3/h9-23,29,32,36,41,44,46-47H,24-28,30-31,33-35H2,1-8H3,(H,59,66)(H,60,68)/t36-,41+,44-,46-,47-/m0/s1. The fourth-order valence-electron chi connectivity index (χ4n) is 8.87. The number of likely N-dealkylation sites (N-methyl/N-ethyl adjacent to an activating group) is 2. The number of methoxy groups -OCH3 is 2. The van der Waals surface area contributed by atoms with Crippen molar-refractivity contribution in [2.75, 3.05) is 62.2 Å². The summed E-state index contributed by atoms with van der Waals surface area (Å²) in [4.78, 5) is 84.6. The Kier molecular flexibility index (Phi) is 20.4. The predicted molar refractivity (Wildman–Crippen MR) is 282 cm³/mol. The minimum Gasteiger partial charge on any atom is -0.457 e. The summed E-state index contributed by atoms with van der Waals surface area (Å²) < 4.78 is 19.7. The number of halogens is 2. The Morgan fingerprint density at radius 3 is 2.14 bits per heavy atom.